The van der Waals surface area contributed by atoms with Gasteiger partial charge in [-0.05, 0) is 49.9 Å². The number of nitrogens with zero attached hydrogens (tertiary/aromatic N) is 1. The number of nitrogens with one attached hydrogen (secondary N) is 1. The summed E-state index contributed by atoms with van der Waals surface area (Å²) in [5, 5.41) is 3.78. The third-order valence-electron chi connectivity index (χ3n) is 2.50. The summed E-state index contributed by atoms with van der Waals surface area (Å²) in [4.78, 5) is 4.32. The van der Waals surface area contributed by atoms with E-state index in [1.165, 1.54) is 0 Å². The van der Waals surface area contributed by atoms with Crippen LogP contribution in [0.4, 0.5) is 0 Å². The monoisotopic (exact) mass is 262 g/mol. The number of ether oxygens (including phenoxy) is 1. The first kappa shape index (κ1) is 12.9. The Kier molecular flexibility index (Phi) is 4.18. The molecule has 1 N–H and O–H groups in total. The summed E-state index contributed by atoms with van der Waals surface area (Å²) in [5.74, 6) is 1.36. The lowest BCUT2D eigenvalue weighted by Gasteiger charge is -2.09. The molecule has 0 radical (unpaired) electrons. The van der Waals surface area contributed by atoms with Gasteiger partial charge in [0.15, 0.2) is 0 Å². The zero-order chi connectivity index (χ0) is 13.0. The fourth-order valence-electron chi connectivity index (χ4n) is 1.64. The Balaban J connectivity index is 2.16. The molecule has 0 amide bonds. The second kappa shape index (κ2) is 5.85. The highest BCUT2D eigenvalue weighted by Gasteiger charge is 2.04. The maximum atomic E-state index is 5.82. The lowest BCUT2D eigenvalue weighted by atomic mass is 10.2. The van der Waals surface area contributed by atoms with E-state index in [1.54, 1.807) is 12.1 Å². The summed E-state index contributed by atoms with van der Waals surface area (Å²) >= 11 is 5.82. The predicted molar refractivity (Wildman–Crippen MR) is 73.3 cm³/mol. The van der Waals surface area contributed by atoms with E-state index in [-0.39, 0.29) is 0 Å². The molecule has 4 heteroatoms. The number of benzene rings is 1. The van der Waals surface area contributed by atoms with Crippen molar-refractivity contribution in [3.63, 3.8) is 0 Å². The summed E-state index contributed by atoms with van der Waals surface area (Å²) in [6.45, 7) is 2.78. The van der Waals surface area contributed by atoms with Crippen molar-refractivity contribution in [2.24, 2.45) is 0 Å². The topological polar surface area (TPSA) is 34.2 Å². The maximum absolute atomic E-state index is 5.82. The van der Waals surface area contributed by atoms with E-state index in [9.17, 15) is 0 Å². The van der Waals surface area contributed by atoms with Gasteiger partial charge in [0, 0.05) is 23.3 Å². The molecule has 0 fully saturated rings. The fourth-order valence-corrected chi connectivity index (χ4v) is 1.77. The predicted octanol–water partition coefficient (Wildman–Crippen LogP) is 3.56. The van der Waals surface area contributed by atoms with Crippen LogP contribution in [0.5, 0.6) is 11.6 Å². The number of rotatable bonds is 4. The molecule has 0 saturated carbocycles. The summed E-state index contributed by atoms with van der Waals surface area (Å²) in [7, 11) is 1.91. The highest BCUT2D eigenvalue weighted by molar-refractivity contribution is 6.30. The molecule has 1 aromatic carbocycles. The van der Waals surface area contributed by atoms with Gasteiger partial charge in [0.05, 0.1) is 0 Å². The van der Waals surface area contributed by atoms with Crippen LogP contribution in [0.2, 0.25) is 5.02 Å². The first-order valence-corrected chi connectivity index (χ1v) is 6.10. The Morgan fingerprint density at radius 3 is 2.61 bits per heavy atom. The van der Waals surface area contributed by atoms with Crippen molar-refractivity contribution < 1.29 is 4.74 Å². The molecule has 1 heterocycles. The van der Waals surface area contributed by atoms with E-state index in [2.05, 4.69) is 16.4 Å². The van der Waals surface area contributed by atoms with Crippen LogP contribution >= 0.6 is 11.6 Å². The van der Waals surface area contributed by atoms with Gasteiger partial charge >= 0.3 is 0 Å². The summed E-state index contributed by atoms with van der Waals surface area (Å²) in [5.41, 5.74) is 2.15. The molecular formula is C14H15ClN2O. The molecule has 0 atom stereocenters. The Hall–Kier alpha value is -1.58. The van der Waals surface area contributed by atoms with Crippen molar-refractivity contribution in [2.75, 3.05) is 7.05 Å². The van der Waals surface area contributed by atoms with Gasteiger partial charge < -0.3 is 10.1 Å². The smallest absolute Gasteiger partial charge is 0.222 e. The third-order valence-corrected chi connectivity index (χ3v) is 2.75. The van der Waals surface area contributed by atoms with E-state index >= 15 is 0 Å². The molecule has 0 unspecified atom stereocenters. The second-order valence-electron chi connectivity index (χ2n) is 4.05. The van der Waals surface area contributed by atoms with Gasteiger partial charge in [-0.2, -0.15) is 0 Å². The van der Waals surface area contributed by atoms with E-state index in [1.807, 2.05) is 32.3 Å². The minimum Gasteiger partial charge on any atom is -0.439 e. The Morgan fingerprint density at radius 2 is 2.00 bits per heavy atom. The van der Waals surface area contributed by atoms with Crippen LogP contribution in [0.15, 0.2) is 36.5 Å². The third kappa shape index (κ3) is 3.22. The molecule has 0 aliphatic rings. The molecule has 0 aliphatic carbocycles. The van der Waals surface area contributed by atoms with Crippen molar-refractivity contribution >= 4 is 11.6 Å². The molecule has 0 saturated heterocycles. The molecule has 1 aromatic heterocycles. The highest BCUT2D eigenvalue weighted by Crippen LogP contribution is 2.24. The zero-order valence-corrected chi connectivity index (χ0v) is 11.2. The van der Waals surface area contributed by atoms with E-state index in [0.29, 0.717) is 10.9 Å². The summed E-state index contributed by atoms with van der Waals surface area (Å²) < 4.78 is 5.71. The number of hydrogen-bond donors (Lipinski definition) is 1. The minimum atomic E-state index is 0.622. The first-order chi connectivity index (χ1) is 8.69. The quantitative estimate of drug-likeness (QED) is 0.915. The molecule has 2 rings (SSSR count). The van der Waals surface area contributed by atoms with Crippen LogP contribution in [-0.4, -0.2) is 12.0 Å². The molecule has 18 heavy (non-hydrogen) atoms. The second-order valence-corrected chi connectivity index (χ2v) is 4.49. The highest BCUT2D eigenvalue weighted by atomic mass is 35.5. The normalized spacial score (nSPS) is 10.4. The number of aryl methyl sites for hydroxylation is 1. The SMILES string of the molecule is CNCc1cnc(Oc2ccc(Cl)cc2)c(C)c1. The number of aromatic nitrogens is 1. The van der Waals surface area contributed by atoms with Crippen LogP contribution < -0.4 is 10.1 Å². The maximum Gasteiger partial charge on any atom is 0.222 e. The first-order valence-electron chi connectivity index (χ1n) is 5.72. The molecule has 0 bridgehead atoms. The van der Waals surface area contributed by atoms with Crippen LogP contribution in [0, 0.1) is 6.92 Å². The van der Waals surface area contributed by atoms with Crippen molar-refractivity contribution in [1.82, 2.24) is 10.3 Å². The number of halogens is 1. The van der Waals surface area contributed by atoms with Gasteiger partial charge in [-0.15, -0.1) is 0 Å². The van der Waals surface area contributed by atoms with E-state index in [0.717, 1.165) is 23.4 Å². The zero-order valence-electron chi connectivity index (χ0n) is 10.4. The minimum absolute atomic E-state index is 0.622. The van der Waals surface area contributed by atoms with Crippen LogP contribution in [-0.2, 0) is 6.54 Å². The summed E-state index contributed by atoms with van der Waals surface area (Å²) in [6.07, 6.45) is 1.81. The molecule has 0 spiro atoms. The molecule has 2 aromatic rings. The molecular weight excluding hydrogens is 248 g/mol. The Bertz CT molecular complexity index is 526. The molecule has 0 aliphatic heterocycles. The van der Waals surface area contributed by atoms with E-state index in [4.69, 9.17) is 16.3 Å². The van der Waals surface area contributed by atoms with E-state index < -0.39 is 0 Å². The average Bonchev–Trinajstić information content (AvgIpc) is 2.36. The van der Waals surface area contributed by atoms with Gasteiger partial charge in [-0.25, -0.2) is 4.98 Å². The number of pyridine rings is 1. The number of hydrogen-bond acceptors (Lipinski definition) is 3. The Morgan fingerprint density at radius 1 is 1.28 bits per heavy atom. The van der Waals surface area contributed by atoms with Crippen molar-refractivity contribution in [1.29, 1.82) is 0 Å². The average molecular weight is 263 g/mol. The fraction of sp³-hybridized carbons (Fsp3) is 0.214. The van der Waals surface area contributed by atoms with Crippen molar-refractivity contribution in [3.8, 4) is 11.6 Å². The molecule has 3 nitrogen and oxygen atoms in total. The van der Waals surface area contributed by atoms with Gasteiger partial charge in [-0.1, -0.05) is 11.6 Å². The lowest BCUT2D eigenvalue weighted by Crippen LogP contribution is -2.06. The lowest BCUT2D eigenvalue weighted by molar-refractivity contribution is 0.458. The van der Waals surface area contributed by atoms with Gasteiger partial charge in [0.2, 0.25) is 5.88 Å². The largest absolute Gasteiger partial charge is 0.439 e. The van der Waals surface area contributed by atoms with Gasteiger partial charge in [-0.3, -0.25) is 0 Å². The Labute approximate surface area is 112 Å². The van der Waals surface area contributed by atoms with Crippen LogP contribution in [0.1, 0.15) is 11.1 Å². The van der Waals surface area contributed by atoms with Crippen molar-refractivity contribution in [3.05, 3.63) is 52.7 Å². The van der Waals surface area contributed by atoms with Gasteiger partial charge in [0.1, 0.15) is 5.75 Å². The summed E-state index contributed by atoms with van der Waals surface area (Å²) in [6, 6.07) is 9.30. The standard InChI is InChI=1S/C14H15ClN2O/c1-10-7-11(8-16-2)9-17-14(10)18-13-5-3-12(15)4-6-13/h3-7,9,16H,8H2,1-2H3. The van der Waals surface area contributed by atoms with Crippen LogP contribution in [0.25, 0.3) is 0 Å². The van der Waals surface area contributed by atoms with Crippen molar-refractivity contribution in [2.45, 2.75) is 13.5 Å². The van der Waals surface area contributed by atoms with Gasteiger partial charge in [0.25, 0.3) is 0 Å². The molecule has 94 valence electrons. The van der Waals surface area contributed by atoms with Crippen LogP contribution in [0.3, 0.4) is 0 Å².